The van der Waals surface area contributed by atoms with Crippen LogP contribution in [0.25, 0.3) is 10.9 Å². The van der Waals surface area contributed by atoms with Gasteiger partial charge in [-0.05, 0) is 12.1 Å². The summed E-state index contributed by atoms with van der Waals surface area (Å²) in [5.41, 5.74) is 0.903. The smallest absolute Gasteiger partial charge is 0.294 e. The second-order valence-corrected chi connectivity index (χ2v) is 3.91. The van der Waals surface area contributed by atoms with Crippen molar-refractivity contribution in [3.63, 3.8) is 0 Å². The molecule has 1 aromatic heterocycles. The van der Waals surface area contributed by atoms with Crippen LogP contribution < -0.4 is 0 Å². The lowest BCUT2D eigenvalue weighted by Crippen LogP contribution is -2.11. The quantitative estimate of drug-likeness (QED) is 0.779. The van der Waals surface area contributed by atoms with E-state index in [2.05, 4.69) is 4.98 Å². The van der Waals surface area contributed by atoms with Crippen LogP contribution in [0.3, 0.4) is 0 Å². The summed E-state index contributed by atoms with van der Waals surface area (Å²) in [5, 5.41) is 0.590. The van der Waals surface area contributed by atoms with Crippen LogP contribution in [0.5, 0.6) is 0 Å². The third-order valence-electron chi connectivity index (χ3n) is 2.58. The van der Waals surface area contributed by atoms with Gasteiger partial charge in [-0.2, -0.15) is 13.2 Å². The van der Waals surface area contributed by atoms with Gasteiger partial charge in [-0.3, -0.25) is 9.78 Å². The minimum atomic E-state index is -4.31. The van der Waals surface area contributed by atoms with Crippen LogP contribution in [0.15, 0.2) is 36.5 Å². The lowest BCUT2D eigenvalue weighted by atomic mass is 10.0. The highest BCUT2D eigenvalue weighted by Crippen LogP contribution is 2.24. The maximum atomic E-state index is 12.1. The van der Waals surface area contributed by atoms with Crippen molar-refractivity contribution in [3.8, 4) is 0 Å². The highest BCUT2D eigenvalue weighted by atomic mass is 19.4. The van der Waals surface area contributed by atoms with Gasteiger partial charge in [-0.25, -0.2) is 0 Å². The average molecular weight is 253 g/mol. The largest absolute Gasteiger partial charge is 0.389 e. The zero-order valence-electron chi connectivity index (χ0n) is 9.37. The van der Waals surface area contributed by atoms with E-state index in [9.17, 15) is 18.0 Å². The van der Waals surface area contributed by atoms with E-state index in [1.54, 1.807) is 30.5 Å². The first-order valence-electron chi connectivity index (χ1n) is 5.41. The Morgan fingerprint density at radius 1 is 1.17 bits per heavy atom. The third kappa shape index (κ3) is 2.85. The maximum absolute atomic E-state index is 12.1. The number of ketones is 1. The molecule has 18 heavy (non-hydrogen) atoms. The summed E-state index contributed by atoms with van der Waals surface area (Å²) in [6.07, 6.45) is -4.36. The summed E-state index contributed by atoms with van der Waals surface area (Å²) in [6.45, 7) is 0. The first kappa shape index (κ1) is 12.5. The molecule has 94 valence electrons. The summed E-state index contributed by atoms with van der Waals surface area (Å²) < 4.78 is 36.2. The van der Waals surface area contributed by atoms with E-state index in [4.69, 9.17) is 0 Å². The highest BCUT2D eigenvalue weighted by molar-refractivity contribution is 6.07. The summed E-state index contributed by atoms with van der Waals surface area (Å²) in [6, 6.07) is 8.21. The number of fused-ring (bicyclic) bond motifs is 1. The van der Waals surface area contributed by atoms with Crippen LogP contribution in [-0.2, 0) is 0 Å². The van der Waals surface area contributed by atoms with Crippen molar-refractivity contribution in [1.82, 2.24) is 4.98 Å². The summed E-state index contributed by atoms with van der Waals surface area (Å²) in [5.74, 6) is -0.508. The number of Topliss-reactive ketones (excluding diaryl/α,β-unsaturated/α-hetero) is 1. The van der Waals surface area contributed by atoms with Crippen molar-refractivity contribution in [2.24, 2.45) is 0 Å². The molecule has 2 rings (SSSR count). The molecular weight excluding hydrogens is 243 g/mol. The number of pyridine rings is 1. The molecule has 0 spiro atoms. The molecule has 1 aromatic carbocycles. The molecule has 1 heterocycles. The zero-order valence-corrected chi connectivity index (χ0v) is 9.37. The van der Waals surface area contributed by atoms with Gasteiger partial charge in [-0.15, -0.1) is 0 Å². The van der Waals surface area contributed by atoms with Gasteiger partial charge in [0.05, 0.1) is 11.9 Å². The zero-order chi connectivity index (χ0) is 13.2. The molecule has 0 radical (unpaired) electrons. The van der Waals surface area contributed by atoms with Gasteiger partial charge in [0, 0.05) is 23.6 Å². The van der Waals surface area contributed by atoms with Crippen LogP contribution >= 0.6 is 0 Å². The Hall–Kier alpha value is -1.91. The van der Waals surface area contributed by atoms with E-state index in [1.165, 1.54) is 6.07 Å². The number of aromatic nitrogens is 1. The molecule has 0 saturated carbocycles. The van der Waals surface area contributed by atoms with E-state index < -0.39 is 24.8 Å². The summed E-state index contributed by atoms with van der Waals surface area (Å²) in [7, 11) is 0. The molecule has 0 saturated heterocycles. The van der Waals surface area contributed by atoms with E-state index in [0.717, 1.165) is 0 Å². The minimum Gasteiger partial charge on any atom is -0.294 e. The molecule has 2 aromatic rings. The van der Waals surface area contributed by atoms with Crippen LogP contribution in [0.1, 0.15) is 23.2 Å². The van der Waals surface area contributed by atoms with Crippen molar-refractivity contribution >= 4 is 16.7 Å². The van der Waals surface area contributed by atoms with Crippen molar-refractivity contribution < 1.29 is 18.0 Å². The number of benzene rings is 1. The van der Waals surface area contributed by atoms with Gasteiger partial charge in [0.15, 0.2) is 5.78 Å². The first-order chi connectivity index (χ1) is 8.47. The van der Waals surface area contributed by atoms with Gasteiger partial charge < -0.3 is 0 Å². The summed E-state index contributed by atoms with van der Waals surface area (Å²) >= 11 is 0. The van der Waals surface area contributed by atoms with Gasteiger partial charge in [0.2, 0.25) is 0 Å². The Morgan fingerprint density at radius 3 is 2.67 bits per heavy atom. The van der Waals surface area contributed by atoms with Crippen molar-refractivity contribution in [1.29, 1.82) is 0 Å². The number of hydrogen-bond donors (Lipinski definition) is 0. The molecule has 0 aliphatic rings. The van der Waals surface area contributed by atoms with E-state index in [1.807, 2.05) is 0 Å². The lowest BCUT2D eigenvalue weighted by Gasteiger charge is -2.07. The van der Waals surface area contributed by atoms with Crippen LogP contribution in [0.2, 0.25) is 0 Å². The number of carbonyl (C=O) groups is 1. The van der Waals surface area contributed by atoms with Crippen molar-refractivity contribution in [3.05, 3.63) is 42.1 Å². The van der Waals surface area contributed by atoms with Crippen LogP contribution in [0, 0.1) is 0 Å². The molecule has 0 N–H and O–H groups in total. The highest BCUT2D eigenvalue weighted by Gasteiger charge is 2.28. The van der Waals surface area contributed by atoms with Crippen LogP contribution in [0.4, 0.5) is 13.2 Å². The van der Waals surface area contributed by atoms with E-state index >= 15 is 0 Å². The average Bonchev–Trinajstić information content (AvgIpc) is 2.34. The molecule has 0 fully saturated rings. The molecule has 5 heteroatoms. The molecule has 0 bridgehead atoms. The topological polar surface area (TPSA) is 30.0 Å². The first-order valence-corrected chi connectivity index (χ1v) is 5.41. The molecule has 0 unspecified atom stereocenters. The van der Waals surface area contributed by atoms with Gasteiger partial charge in [0.25, 0.3) is 0 Å². The lowest BCUT2D eigenvalue weighted by molar-refractivity contribution is -0.133. The number of carbonyl (C=O) groups excluding carboxylic acids is 1. The molecule has 0 aliphatic heterocycles. The second-order valence-electron chi connectivity index (χ2n) is 3.91. The Bertz CT molecular complexity index is 572. The Balaban J connectivity index is 2.28. The fourth-order valence-electron chi connectivity index (χ4n) is 1.74. The van der Waals surface area contributed by atoms with E-state index in [-0.39, 0.29) is 0 Å². The Kier molecular flexibility index (Phi) is 3.32. The van der Waals surface area contributed by atoms with Crippen molar-refractivity contribution in [2.75, 3.05) is 0 Å². The fourth-order valence-corrected chi connectivity index (χ4v) is 1.74. The predicted molar refractivity (Wildman–Crippen MR) is 61.4 cm³/mol. The van der Waals surface area contributed by atoms with E-state index in [0.29, 0.717) is 16.5 Å². The molecule has 0 aliphatic carbocycles. The number of hydrogen-bond acceptors (Lipinski definition) is 2. The minimum absolute atomic E-state index is 0.296. The predicted octanol–water partition coefficient (Wildman–Crippen LogP) is 3.76. The monoisotopic (exact) mass is 253 g/mol. The van der Waals surface area contributed by atoms with Crippen molar-refractivity contribution in [2.45, 2.75) is 19.0 Å². The number of alkyl halides is 3. The molecule has 2 nitrogen and oxygen atoms in total. The molecular formula is C13H10F3NO. The van der Waals surface area contributed by atoms with Gasteiger partial charge in [0.1, 0.15) is 0 Å². The fraction of sp³-hybridized carbons (Fsp3) is 0.231. The Labute approximate surface area is 101 Å². The SMILES string of the molecule is O=C(CCC(F)(F)F)c1cccc2ncccc12. The standard InChI is InChI=1S/C13H10F3NO/c14-13(15,16)7-6-12(18)10-3-1-5-11-9(10)4-2-8-17-11/h1-5,8H,6-7H2. The maximum Gasteiger partial charge on any atom is 0.389 e. The molecule has 0 atom stereocenters. The summed E-state index contributed by atoms with van der Waals surface area (Å²) in [4.78, 5) is 15.8. The number of halogens is 3. The van der Waals surface area contributed by atoms with Gasteiger partial charge >= 0.3 is 6.18 Å². The van der Waals surface area contributed by atoms with Gasteiger partial charge in [-0.1, -0.05) is 18.2 Å². The Morgan fingerprint density at radius 2 is 1.94 bits per heavy atom. The molecule has 0 amide bonds. The number of rotatable bonds is 3. The van der Waals surface area contributed by atoms with Crippen LogP contribution in [-0.4, -0.2) is 16.9 Å². The number of nitrogens with zero attached hydrogens (tertiary/aromatic N) is 1. The normalized spacial score (nSPS) is 11.7. The second kappa shape index (κ2) is 4.76. The third-order valence-corrected chi connectivity index (χ3v) is 2.58.